The number of benzene rings is 2. The highest BCUT2D eigenvalue weighted by Gasteiger charge is 1.97. The fourth-order valence-electron chi connectivity index (χ4n) is 2.10. The summed E-state index contributed by atoms with van der Waals surface area (Å²) in [5.41, 5.74) is 3.80. The zero-order valence-corrected chi connectivity index (χ0v) is 13.0. The Kier molecular flexibility index (Phi) is 6.08. The lowest BCUT2D eigenvalue weighted by molar-refractivity contribution is 0.306. The van der Waals surface area contributed by atoms with Gasteiger partial charge >= 0.3 is 0 Å². The molecule has 0 aliphatic heterocycles. The van der Waals surface area contributed by atoms with Crippen molar-refractivity contribution in [3.8, 4) is 5.75 Å². The summed E-state index contributed by atoms with van der Waals surface area (Å²) in [6.07, 6.45) is 7.77. The minimum absolute atomic E-state index is 0.620. The molecule has 0 unspecified atom stereocenters. The average Bonchev–Trinajstić information content (AvgIpc) is 2.55. The lowest BCUT2D eigenvalue weighted by atomic mass is 10.1. The first-order valence-electron chi connectivity index (χ1n) is 7.79. The normalized spacial score (nSPS) is 11.0. The summed E-state index contributed by atoms with van der Waals surface area (Å²) in [5.74, 6) is 0.919. The lowest BCUT2D eigenvalue weighted by Gasteiger charge is -2.07. The summed E-state index contributed by atoms with van der Waals surface area (Å²) in [7, 11) is 0. The Hall–Kier alpha value is -2.02. The van der Waals surface area contributed by atoms with Crippen LogP contribution in [0.1, 0.15) is 43.4 Å². The van der Waals surface area contributed by atoms with Gasteiger partial charge in [0.15, 0.2) is 0 Å². The van der Waals surface area contributed by atoms with E-state index >= 15 is 0 Å². The second kappa shape index (κ2) is 8.31. The Morgan fingerprint density at radius 3 is 2.14 bits per heavy atom. The van der Waals surface area contributed by atoms with Crippen LogP contribution in [-0.2, 0) is 13.0 Å². The van der Waals surface area contributed by atoms with Crippen LogP contribution in [-0.4, -0.2) is 0 Å². The van der Waals surface area contributed by atoms with Gasteiger partial charge in [0.05, 0.1) is 0 Å². The first-order valence-corrected chi connectivity index (χ1v) is 7.79. The van der Waals surface area contributed by atoms with E-state index in [-0.39, 0.29) is 0 Å². The predicted octanol–water partition coefficient (Wildman–Crippen LogP) is 5.64. The van der Waals surface area contributed by atoms with Crippen molar-refractivity contribution in [1.29, 1.82) is 0 Å². The van der Waals surface area contributed by atoms with Gasteiger partial charge < -0.3 is 4.74 Å². The van der Waals surface area contributed by atoms with Gasteiger partial charge in [-0.15, -0.1) is 0 Å². The molecule has 2 rings (SSSR count). The van der Waals surface area contributed by atoms with Crippen LogP contribution < -0.4 is 4.74 Å². The van der Waals surface area contributed by atoms with E-state index in [0.717, 1.165) is 18.6 Å². The molecule has 1 heteroatoms. The van der Waals surface area contributed by atoms with Crippen molar-refractivity contribution in [2.45, 2.75) is 39.7 Å². The molecular weight excluding hydrogens is 256 g/mol. The van der Waals surface area contributed by atoms with Gasteiger partial charge in [0.25, 0.3) is 0 Å². The van der Waals surface area contributed by atoms with E-state index in [9.17, 15) is 0 Å². The summed E-state index contributed by atoms with van der Waals surface area (Å²) in [6, 6.07) is 16.9. The molecule has 0 heterocycles. The maximum Gasteiger partial charge on any atom is 0.119 e. The number of aryl methyl sites for hydroxylation is 1. The lowest BCUT2D eigenvalue weighted by Crippen LogP contribution is -1.95. The van der Waals surface area contributed by atoms with E-state index in [1.807, 2.05) is 12.1 Å². The zero-order chi connectivity index (χ0) is 14.9. The largest absolute Gasteiger partial charge is 0.489 e. The molecule has 2 aromatic carbocycles. The maximum atomic E-state index is 5.82. The van der Waals surface area contributed by atoms with Crippen molar-refractivity contribution in [1.82, 2.24) is 0 Å². The number of allylic oxidation sites excluding steroid dienone is 1. The highest BCUT2D eigenvalue weighted by molar-refractivity contribution is 5.50. The fraction of sp³-hybridized carbons (Fsp3) is 0.300. The topological polar surface area (TPSA) is 9.23 Å². The third-order valence-corrected chi connectivity index (χ3v) is 3.48. The monoisotopic (exact) mass is 280 g/mol. The van der Waals surface area contributed by atoms with Gasteiger partial charge in [-0.2, -0.15) is 0 Å². The molecule has 2 aromatic rings. The van der Waals surface area contributed by atoms with Crippen LogP contribution in [0.5, 0.6) is 5.75 Å². The molecule has 0 aliphatic carbocycles. The molecule has 110 valence electrons. The molecule has 0 fully saturated rings. The Labute approximate surface area is 128 Å². The highest BCUT2D eigenvalue weighted by Crippen LogP contribution is 2.15. The Morgan fingerprint density at radius 2 is 1.52 bits per heavy atom. The number of unbranched alkanes of at least 4 members (excludes halogenated alkanes) is 1. The number of rotatable bonds is 7. The Bertz CT molecular complexity index is 549. The first-order chi connectivity index (χ1) is 10.3. The second-order valence-corrected chi connectivity index (χ2v) is 5.22. The van der Waals surface area contributed by atoms with Gasteiger partial charge in [0.2, 0.25) is 0 Å². The highest BCUT2D eigenvalue weighted by atomic mass is 16.5. The molecule has 0 radical (unpaired) electrons. The van der Waals surface area contributed by atoms with Crippen molar-refractivity contribution in [3.63, 3.8) is 0 Å². The van der Waals surface area contributed by atoms with Gasteiger partial charge in [-0.3, -0.25) is 0 Å². The van der Waals surface area contributed by atoms with Gasteiger partial charge in [-0.25, -0.2) is 0 Å². The molecule has 1 nitrogen and oxygen atoms in total. The fourth-order valence-corrected chi connectivity index (χ4v) is 2.10. The van der Waals surface area contributed by atoms with Crippen molar-refractivity contribution in [2.75, 3.05) is 0 Å². The SMILES string of the molecule is CCC/C=C/c1ccc(OCc2ccc(CC)cc2)cc1. The molecule has 0 saturated carbocycles. The van der Waals surface area contributed by atoms with Crippen LogP contribution >= 0.6 is 0 Å². The second-order valence-electron chi connectivity index (χ2n) is 5.22. The number of ether oxygens (including phenoxy) is 1. The smallest absolute Gasteiger partial charge is 0.119 e. The number of hydrogen-bond donors (Lipinski definition) is 0. The average molecular weight is 280 g/mol. The standard InChI is InChI=1S/C20H24O/c1-3-5-6-7-18-12-14-20(15-13-18)21-16-19-10-8-17(4-2)9-11-19/h6-15H,3-5,16H2,1-2H3/b7-6+. The van der Waals surface area contributed by atoms with E-state index in [0.29, 0.717) is 6.61 Å². The zero-order valence-electron chi connectivity index (χ0n) is 13.0. The molecule has 0 aromatic heterocycles. The minimum Gasteiger partial charge on any atom is -0.489 e. The van der Waals surface area contributed by atoms with E-state index in [4.69, 9.17) is 4.74 Å². The Morgan fingerprint density at radius 1 is 0.857 bits per heavy atom. The summed E-state index contributed by atoms with van der Waals surface area (Å²) < 4.78 is 5.82. The van der Waals surface area contributed by atoms with Crippen molar-refractivity contribution >= 4 is 6.08 Å². The quantitative estimate of drug-likeness (QED) is 0.637. The van der Waals surface area contributed by atoms with Crippen LogP contribution in [0.4, 0.5) is 0 Å². The van der Waals surface area contributed by atoms with E-state index in [2.05, 4.69) is 62.4 Å². The van der Waals surface area contributed by atoms with Gasteiger partial charge in [0, 0.05) is 0 Å². The van der Waals surface area contributed by atoms with E-state index in [1.165, 1.54) is 23.1 Å². The summed E-state index contributed by atoms with van der Waals surface area (Å²) >= 11 is 0. The molecule has 0 aliphatic rings. The summed E-state index contributed by atoms with van der Waals surface area (Å²) in [6.45, 7) is 4.98. The molecule has 0 bridgehead atoms. The molecule has 0 amide bonds. The molecule has 21 heavy (non-hydrogen) atoms. The third kappa shape index (κ3) is 5.11. The molecule has 0 atom stereocenters. The first kappa shape index (κ1) is 15.4. The van der Waals surface area contributed by atoms with Crippen molar-refractivity contribution < 1.29 is 4.74 Å². The van der Waals surface area contributed by atoms with Crippen LogP contribution in [0.3, 0.4) is 0 Å². The molecular formula is C20H24O. The predicted molar refractivity (Wildman–Crippen MR) is 90.5 cm³/mol. The van der Waals surface area contributed by atoms with E-state index in [1.54, 1.807) is 0 Å². The van der Waals surface area contributed by atoms with Crippen LogP contribution in [0, 0.1) is 0 Å². The third-order valence-electron chi connectivity index (χ3n) is 3.48. The van der Waals surface area contributed by atoms with Gasteiger partial charge in [0.1, 0.15) is 12.4 Å². The summed E-state index contributed by atoms with van der Waals surface area (Å²) in [4.78, 5) is 0. The van der Waals surface area contributed by atoms with Crippen molar-refractivity contribution in [2.24, 2.45) is 0 Å². The summed E-state index contributed by atoms with van der Waals surface area (Å²) in [5, 5.41) is 0. The molecule has 0 spiro atoms. The van der Waals surface area contributed by atoms with Crippen LogP contribution in [0.2, 0.25) is 0 Å². The van der Waals surface area contributed by atoms with Crippen molar-refractivity contribution in [3.05, 3.63) is 71.3 Å². The molecule has 0 saturated heterocycles. The number of hydrogen-bond acceptors (Lipinski definition) is 1. The molecule has 0 N–H and O–H groups in total. The van der Waals surface area contributed by atoms with Gasteiger partial charge in [-0.1, -0.05) is 68.8 Å². The Balaban J connectivity index is 1.87. The van der Waals surface area contributed by atoms with Gasteiger partial charge in [-0.05, 0) is 41.7 Å². The van der Waals surface area contributed by atoms with Crippen LogP contribution in [0.25, 0.3) is 6.08 Å². The van der Waals surface area contributed by atoms with E-state index < -0.39 is 0 Å². The minimum atomic E-state index is 0.620. The maximum absolute atomic E-state index is 5.82. The van der Waals surface area contributed by atoms with Crippen LogP contribution in [0.15, 0.2) is 54.6 Å².